The highest BCUT2D eigenvalue weighted by molar-refractivity contribution is 5.91. The molecule has 1 saturated heterocycles. The van der Waals surface area contributed by atoms with Crippen LogP contribution < -0.4 is 0 Å². The van der Waals surface area contributed by atoms with Crippen LogP contribution in [0.2, 0.25) is 0 Å². The minimum atomic E-state index is 0.00445. The van der Waals surface area contributed by atoms with E-state index in [-0.39, 0.29) is 18.4 Å². The Balaban J connectivity index is 1.92. The SMILES string of the molecule is O=C(/C=C/c1cccnc1)N1CCC(CO)C1. The molecule has 1 aliphatic rings. The molecule has 1 unspecified atom stereocenters. The number of nitrogens with zero attached hydrogens (tertiary/aromatic N) is 2. The van der Waals surface area contributed by atoms with Gasteiger partial charge in [-0.05, 0) is 24.1 Å². The Bertz CT molecular complexity index is 403. The van der Waals surface area contributed by atoms with Crippen molar-refractivity contribution in [3.05, 3.63) is 36.2 Å². The van der Waals surface area contributed by atoms with Gasteiger partial charge >= 0.3 is 0 Å². The van der Waals surface area contributed by atoms with Gasteiger partial charge < -0.3 is 10.0 Å². The molecule has 4 heteroatoms. The maximum Gasteiger partial charge on any atom is 0.246 e. The Morgan fingerprint density at radius 3 is 3.18 bits per heavy atom. The maximum absolute atomic E-state index is 11.8. The van der Waals surface area contributed by atoms with Crippen molar-refractivity contribution in [2.75, 3.05) is 19.7 Å². The normalized spacial score (nSPS) is 20.1. The third-order valence-electron chi connectivity index (χ3n) is 2.96. The number of hydrogen-bond acceptors (Lipinski definition) is 3. The molecule has 1 aromatic heterocycles. The fourth-order valence-corrected chi connectivity index (χ4v) is 1.93. The van der Waals surface area contributed by atoms with Crippen LogP contribution >= 0.6 is 0 Å². The van der Waals surface area contributed by atoms with E-state index in [1.807, 2.05) is 12.1 Å². The van der Waals surface area contributed by atoms with E-state index in [9.17, 15) is 4.79 Å². The van der Waals surface area contributed by atoms with Gasteiger partial charge in [0.05, 0.1) is 0 Å². The van der Waals surface area contributed by atoms with Crippen LogP contribution in [0.4, 0.5) is 0 Å². The molecule has 1 aromatic rings. The molecule has 0 radical (unpaired) electrons. The van der Waals surface area contributed by atoms with E-state index in [0.717, 1.165) is 18.5 Å². The first kappa shape index (κ1) is 11.8. The monoisotopic (exact) mass is 232 g/mol. The van der Waals surface area contributed by atoms with Gasteiger partial charge in [-0.15, -0.1) is 0 Å². The minimum Gasteiger partial charge on any atom is -0.396 e. The molecule has 1 amide bonds. The Kier molecular flexibility index (Phi) is 3.88. The zero-order chi connectivity index (χ0) is 12.1. The Labute approximate surface area is 101 Å². The summed E-state index contributed by atoms with van der Waals surface area (Å²) in [7, 11) is 0. The summed E-state index contributed by atoms with van der Waals surface area (Å²) in [6.45, 7) is 1.56. The quantitative estimate of drug-likeness (QED) is 0.789. The van der Waals surface area contributed by atoms with Crippen LogP contribution in [0.15, 0.2) is 30.6 Å². The van der Waals surface area contributed by atoms with Crippen molar-refractivity contribution in [2.45, 2.75) is 6.42 Å². The summed E-state index contributed by atoms with van der Waals surface area (Å²) < 4.78 is 0. The van der Waals surface area contributed by atoms with E-state index in [4.69, 9.17) is 5.11 Å². The number of hydrogen-bond donors (Lipinski definition) is 1. The lowest BCUT2D eigenvalue weighted by molar-refractivity contribution is -0.125. The number of aliphatic hydroxyl groups excluding tert-OH is 1. The smallest absolute Gasteiger partial charge is 0.246 e. The average molecular weight is 232 g/mol. The van der Waals surface area contributed by atoms with Crippen LogP contribution in [0.1, 0.15) is 12.0 Å². The lowest BCUT2D eigenvalue weighted by Gasteiger charge is -2.13. The summed E-state index contributed by atoms with van der Waals surface area (Å²) in [6, 6.07) is 3.74. The van der Waals surface area contributed by atoms with Gasteiger partial charge in [0, 0.05) is 44.1 Å². The number of likely N-dealkylation sites (tertiary alicyclic amines) is 1. The molecule has 1 N–H and O–H groups in total. The summed E-state index contributed by atoms with van der Waals surface area (Å²) >= 11 is 0. The zero-order valence-electron chi connectivity index (χ0n) is 9.62. The van der Waals surface area contributed by atoms with Crippen LogP contribution in [0.3, 0.4) is 0 Å². The first-order valence-electron chi connectivity index (χ1n) is 5.77. The average Bonchev–Trinajstić information content (AvgIpc) is 2.86. The molecule has 1 aliphatic heterocycles. The molecule has 0 aromatic carbocycles. The van der Waals surface area contributed by atoms with Gasteiger partial charge in [-0.1, -0.05) is 6.07 Å². The van der Waals surface area contributed by atoms with Crippen molar-refractivity contribution in [3.8, 4) is 0 Å². The highest BCUT2D eigenvalue weighted by Crippen LogP contribution is 2.15. The molecule has 1 fully saturated rings. The van der Waals surface area contributed by atoms with Gasteiger partial charge in [-0.2, -0.15) is 0 Å². The molecule has 17 heavy (non-hydrogen) atoms. The lowest BCUT2D eigenvalue weighted by atomic mass is 10.1. The number of amides is 1. The molecule has 0 saturated carbocycles. The van der Waals surface area contributed by atoms with Crippen molar-refractivity contribution in [1.29, 1.82) is 0 Å². The molecule has 2 rings (SSSR count). The predicted molar refractivity (Wildman–Crippen MR) is 65.0 cm³/mol. The van der Waals surface area contributed by atoms with Crippen LogP contribution in [-0.2, 0) is 4.79 Å². The highest BCUT2D eigenvalue weighted by atomic mass is 16.3. The van der Waals surface area contributed by atoms with Crippen LogP contribution in [0.25, 0.3) is 6.08 Å². The second-order valence-electron chi connectivity index (χ2n) is 4.24. The Morgan fingerprint density at radius 2 is 2.53 bits per heavy atom. The van der Waals surface area contributed by atoms with Crippen molar-refractivity contribution in [1.82, 2.24) is 9.88 Å². The van der Waals surface area contributed by atoms with Gasteiger partial charge in [0.15, 0.2) is 0 Å². The van der Waals surface area contributed by atoms with E-state index < -0.39 is 0 Å². The van der Waals surface area contributed by atoms with Gasteiger partial charge in [-0.25, -0.2) is 0 Å². The number of aliphatic hydroxyl groups is 1. The number of carbonyl (C=O) groups is 1. The zero-order valence-corrected chi connectivity index (χ0v) is 9.62. The van der Waals surface area contributed by atoms with Crippen molar-refractivity contribution >= 4 is 12.0 Å². The summed E-state index contributed by atoms with van der Waals surface area (Å²) in [5, 5.41) is 9.01. The fourth-order valence-electron chi connectivity index (χ4n) is 1.93. The van der Waals surface area contributed by atoms with E-state index in [0.29, 0.717) is 6.54 Å². The molecule has 0 spiro atoms. The summed E-state index contributed by atoms with van der Waals surface area (Å²) in [5.41, 5.74) is 0.916. The second kappa shape index (κ2) is 5.59. The van der Waals surface area contributed by atoms with Gasteiger partial charge in [0.2, 0.25) is 5.91 Å². The lowest BCUT2D eigenvalue weighted by Crippen LogP contribution is -2.27. The summed E-state index contributed by atoms with van der Waals surface area (Å²) in [4.78, 5) is 17.6. The second-order valence-corrected chi connectivity index (χ2v) is 4.24. The van der Waals surface area contributed by atoms with E-state index in [2.05, 4.69) is 4.98 Å². The number of rotatable bonds is 3. The largest absolute Gasteiger partial charge is 0.396 e. The van der Waals surface area contributed by atoms with Crippen molar-refractivity contribution < 1.29 is 9.90 Å². The molecule has 2 heterocycles. The van der Waals surface area contributed by atoms with E-state index >= 15 is 0 Å². The van der Waals surface area contributed by atoms with Crippen molar-refractivity contribution in [2.24, 2.45) is 5.92 Å². The topological polar surface area (TPSA) is 53.4 Å². The third-order valence-corrected chi connectivity index (χ3v) is 2.96. The van der Waals surface area contributed by atoms with Crippen molar-refractivity contribution in [3.63, 3.8) is 0 Å². The van der Waals surface area contributed by atoms with Gasteiger partial charge in [0.25, 0.3) is 0 Å². The molecule has 1 atom stereocenters. The first-order valence-corrected chi connectivity index (χ1v) is 5.77. The molecular weight excluding hydrogens is 216 g/mol. The first-order chi connectivity index (χ1) is 8.29. The third kappa shape index (κ3) is 3.14. The standard InChI is InChI=1S/C13H16N2O2/c16-10-12-5-7-15(9-12)13(17)4-3-11-2-1-6-14-8-11/h1-4,6,8,12,16H,5,7,9-10H2/b4-3+. The van der Waals surface area contributed by atoms with Crippen LogP contribution in [0, 0.1) is 5.92 Å². The molecule has 90 valence electrons. The maximum atomic E-state index is 11.8. The molecule has 0 bridgehead atoms. The summed E-state index contributed by atoms with van der Waals surface area (Å²) in [6.07, 6.45) is 7.64. The molecule has 0 aliphatic carbocycles. The fraction of sp³-hybridized carbons (Fsp3) is 0.385. The number of pyridine rings is 1. The Morgan fingerprint density at radius 1 is 1.65 bits per heavy atom. The Hall–Kier alpha value is -1.68. The predicted octanol–water partition coefficient (Wildman–Crippen LogP) is 0.936. The number of aromatic nitrogens is 1. The number of carbonyl (C=O) groups excluding carboxylic acids is 1. The van der Waals surface area contributed by atoms with Crippen LogP contribution in [0.5, 0.6) is 0 Å². The molecule has 4 nitrogen and oxygen atoms in total. The minimum absolute atomic E-state index is 0.00445. The van der Waals surface area contributed by atoms with E-state index in [1.165, 1.54) is 0 Å². The van der Waals surface area contributed by atoms with Gasteiger partial charge in [-0.3, -0.25) is 9.78 Å². The van der Waals surface area contributed by atoms with Crippen LogP contribution in [-0.4, -0.2) is 40.6 Å². The highest BCUT2D eigenvalue weighted by Gasteiger charge is 2.23. The van der Waals surface area contributed by atoms with Gasteiger partial charge in [0.1, 0.15) is 0 Å². The molecular formula is C13H16N2O2. The summed E-state index contributed by atoms with van der Waals surface area (Å²) in [5.74, 6) is 0.246. The van der Waals surface area contributed by atoms with E-state index in [1.54, 1.807) is 29.4 Å².